The molecule has 0 saturated heterocycles. The Labute approximate surface area is 183 Å². The second kappa shape index (κ2) is 11.9. The van der Waals surface area contributed by atoms with Gasteiger partial charge in [-0.15, -0.1) is 0 Å². The lowest BCUT2D eigenvalue weighted by Gasteiger charge is -2.06. The molecule has 0 bridgehead atoms. The summed E-state index contributed by atoms with van der Waals surface area (Å²) in [6.07, 6.45) is 2.36. The lowest BCUT2D eigenvalue weighted by atomic mass is 10.2. The largest absolute Gasteiger partial charge is 0.726 e. The molecule has 0 unspecified atom stereocenters. The van der Waals surface area contributed by atoms with Crippen LogP contribution in [-0.4, -0.2) is 19.2 Å². The van der Waals surface area contributed by atoms with Crippen molar-refractivity contribution in [3.8, 4) is 0 Å². The van der Waals surface area contributed by atoms with Crippen LogP contribution in [0, 0.1) is 13.8 Å². The van der Waals surface area contributed by atoms with Crippen molar-refractivity contribution in [2.45, 2.75) is 32.0 Å². The number of hydrogen-bond donors (Lipinski definition) is 0. The van der Waals surface area contributed by atoms with Crippen molar-refractivity contribution in [1.29, 1.82) is 0 Å². The highest BCUT2D eigenvalue weighted by Gasteiger charge is 2.13. The number of aryl methyl sites for hydroxylation is 2. The minimum atomic E-state index is -4.57. The molecular weight excluding hydrogens is 416 g/mol. The second-order valence-electron chi connectivity index (χ2n) is 7.20. The molecule has 6 heteroatoms. The van der Waals surface area contributed by atoms with Gasteiger partial charge in [0.2, 0.25) is 10.4 Å². The molecule has 3 rings (SSSR count). The lowest BCUT2D eigenvalue weighted by Crippen LogP contribution is -2.06. The molecule has 0 fully saturated rings. The summed E-state index contributed by atoms with van der Waals surface area (Å²) in [5, 5.41) is 0. The summed E-state index contributed by atoms with van der Waals surface area (Å²) in [6, 6.07) is 26.5. The zero-order valence-electron chi connectivity index (χ0n) is 17.6. The maximum Gasteiger partial charge on any atom is 0.217 e. The van der Waals surface area contributed by atoms with Gasteiger partial charge >= 0.3 is 0 Å². The molecule has 0 aliphatic rings. The van der Waals surface area contributed by atoms with Gasteiger partial charge < -0.3 is 4.55 Å². The fourth-order valence-corrected chi connectivity index (χ4v) is 4.61. The number of benzene rings is 3. The summed E-state index contributed by atoms with van der Waals surface area (Å²) in [6.45, 7) is 4.08. The van der Waals surface area contributed by atoms with Gasteiger partial charge in [0.05, 0.1) is 12.9 Å². The van der Waals surface area contributed by atoms with Gasteiger partial charge in [0.1, 0.15) is 11.5 Å². The normalized spacial score (nSPS) is 11.1. The summed E-state index contributed by atoms with van der Waals surface area (Å²) >= 11 is 0. The van der Waals surface area contributed by atoms with Gasteiger partial charge in [0.15, 0.2) is 0 Å². The Bertz CT molecular complexity index is 936. The van der Waals surface area contributed by atoms with Crippen LogP contribution in [-0.2, 0) is 43.6 Å². The van der Waals surface area contributed by atoms with E-state index in [0.29, 0.717) is 16.5 Å². The molecule has 4 nitrogen and oxygen atoms in total. The second-order valence-corrected chi connectivity index (χ2v) is 10.4. The Morgan fingerprint density at radius 3 is 1.57 bits per heavy atom. The summed E-state index contributed by atoms with van der Waals surface area (Å²) in [7, 11) is -4.16. The van der Waals surface area contributed by atoms with E-state index in [1.165, 1.54) is 33.8 Å². The lowest BCUT2D eigenvalue weighted by molar-refractivity contribution is 0.253. The van der Waals surface area contributed by atoms with E-state index in [4.69, 9.17) is 0 Å². The van der Waals surface area contributed by atoms with Gasteiger partial charge in [-0.1, -0.05) is 90.0 Å². The molecule has 0 heterocycles. The van der Waals surface area contributed by atoms with Gasteiger partial charge in [-0.25, -0.2) is 8.42 Å². The van der Waals surface area contributed by atoms with Crippen molar-refractivity contribution >= 4 is 21.3 Å². The van der Waals surface area contributed by atoms with Crippen LogP contribution in [0.25, 0.3) is 0 Å². The van der Waals surface area contributed by atoms with Gasteiger partial charge in [0.25, 0.3) is 0 Å². The minimum absolute atomic E-state index is 0.202. The molecule has 0 atom stereocenters. The van der Waals surface area contributed by atoms with Crippen LogP contribution < -0.4 is 0 Å². The summed E-state index contributed by atoms with van der Waals surface area (Å²) in [4.78, 5) is 0. The van der Waals surface area contributed by atoms with Crippen LogP contribution in [0.3, 0.4) is 0 Å². The quantitative estimate of drug-likeness (QED) is 0.295. The highest BCUT2D eigenvalue weighted by atomic mass is 32.3. The van der Waals surface area contributed by atoms with Gasteiger partial charge in [-0.05, 0) is 30.3 Å². The molecule has 30 heavy (non-hydrogen) atoms. The van der Waals surface area contributed by atoms with Crippen LogP contribution in [0.5, 0.6) is 0 Å². The number of rotatable bonds is 7. The molecule has 0 amide bonds. The SMILES string of the molecule is Cc1ccc(C[S+](C)Cc2ccc(C)cc2)cc1.O=S(=O)([O-])OCc1ccccc1. The Balaban J connectivity index is 0.000000232. The van der Waals surface area contributed by atoms with Gasteiger partial charge in [-0.3, -0.25) is 4.18 Å². The Kier molecular flexibility index (Phi) is 9.59. The standard InChI is InChI=1S/C17H21S.C7H8O4S/c1-14-4-8-16(9-5-14)12-18(3)13-17-10-6-15(2)7-11-17;8-12(9,10)11-6-7-4-2-1-3-5-7/h4-11H,12-13H2,1-3H3;1-5H,6H2,(H,8,9,10)/q+1;/p-1. The Hall–Kier alpha value is -2.12. The van der Waals surface area contributed by atoms with Crippen LogP contribution in [0.1, 0.15) is 27.8 Å². The Morgan fingerprint density at radius 2 is 1.17 bits per heavy atom. The molecular formula is C24H28O4S2. The maximum atomic E-state index is 10.0. The first-order valence-corrected chi connectivity index (χ1v) is 12.9. The molecule has 0 aromatic heterocycles. The fourth-order valence-electron chi connectivity index (χ4n) is 2.70. The zero-order valence-corrected chi connectivity index (χ0v) is 19.2. The predicted octanol–water partition coefficient (Wildman–Crippen LogP) is 4.92. The summed E-state index contributed by atoms with van der Waals surface area (Å²) in [5.74, 6) is 2.38. The van der Waals surface area contributed by atoms with E-state index in [2.05, 4.69) is 72.8 Å². The summed E-state index contributed by atoms with van der Waals surface area (Å²) in [5.41, 5.74) is 6.25. The van der Waals surface area contributed by atoms with E-state index in [1.54, 1.807) is 30.3 Å². The monoisotopic (exact) mass is 444 g/mol. The van der Waals surface area contributed by atoms with E-state index >= 15 is 0 Å². The third-order valence-corrected chi connectivity index (χ3v) is 6.34. The third kappa shape index (κ3) is 10.1. The molecule has 0 N–H and O–H groups in total. The first-order valence-electron chi connectivity index (χ1n) is 9.56. The first kappa shape index (κ1) is 24.2. The molecule has 3 aromatic carbocycles. The van der Waals surface area contributed by atoms with Crippen molar-refractivity contribution in [2.75, 3.05) is 6.26 Å². The van der Waals surface area contributed by atoms with Crippen LogP contribution in [0.15, 0.2) is 78.9 Å². The van der Waals surface area contributed by atoms with Crippen molar-refractivity contribution in [3.05, 3.63) is 107 Å². The average Bonchev–Trinajstić information content (AvgIpc) is 2.71. The highest BCUT2D eigenvalue weighted by Crippen LogP contribution is 2.14. The molecule has 0 saturated carbocycles. The molecule has 160 valence electrons. The van der Waals surface area contributed by atoms with Crippen LogP contribution >= 0.6 is 0 Å². The van der Waals surface area contributed by atoms with E-state index in [1.807, 2.05) is 0 Å². The number of hydrogen-bond acceptors (Lipinski definition) is 4. The maximum absolute atomic E-state index is 10.0. The molecule has 3 aromatic rings. The molecule has 0 spiro atoms. The predicted molar refractivity (Wildman–Crippen MR) is 124 cm³/mol. The molecule has 0 aliphatic carbocycles. The van der Waals surface area contributed by atoms with Crippen molar-refractivity contribution in [2.24, 2.45) is 0 Å². The van der Waals surface area contributed by atoms with Crippen molar-refractivity contribution in [1.82, 2.24) is 0 Å². The summed E-state index contributed by atoms with van der Waals surface area (Å²) < 4.78 is 34.1. The van der Waals surface area contributed by atoms with E-state index in [9.17, 15) is 13.0 Å². The van der Waals surface area contributed by atoms with Crippen LogP contribution in [0.2, 0.25) is 0 Å². The Morgan fingerprint density at radius 1 is 0.733 bits per heavy atom. The van der Waals surface area contributed by atoms with Crippen molar-refractivity contribution in [3.63, 3.8) is 0 Å². The minimum Gasteiger partial charge on any atom is -0.726 e. The van der Waals surface area contributed by atoms with E-state index in [-0.39, 0.29) is 6.61 Å². The molecule has 0 radical (unpaired) electrons. The highest BCUT2D eigenvalue weighted by molar-refractivity contribution is 7.94. The smallest absolute Gasteiger partial charge is 0.217 e. The van der Waals surface area contributed by atoms with E-state index < -0.39 is 10.4 Å². The third-order valence-electron chi connectivity index (χ3n) is 4.28. The average molecular weight is 445 g/mol. The fraction of sp³-hybridized carbons (Fsp3) is 0.250. The first-order chi connectivity index (χ1) is 14.2. The van der Waals surface area contributed by atoms with Gasteiger partial charge in [-0.2, -0.15) is 0 Å². The zero-order chi connectivity index (χ0) is 22.0. The van der Waals surface area contributed by atoms with Gasteiger partial charge in [0, 0.05) is 11.1 Å². The van der Waals surface area contributed by atoms with E-state index in [0.717, 1.165) is 0 Å². The molecule has 0 aliphatic heterocycles. The van der Waals surface area contributed by atoms with Crippen LogP contribution in [0.4, 0.5) is 0 Å². The topological polar surface area (TPSA) is 66.4 Å². The van der Waals surface area contributed by atoms with Crippen molar-refractivity contribution < 1.29 is 17.2 Å².